The van der Waals surface area contributed by atoms with Crippen LogP contribution in [0.2, 0.25) is 0 Å². The molecule has 0 aliphatic rings. The summed E-state index contributed by atoms with van der Waals surface area (Å²) < 4.78 is 5.10. The molecule has 1 heterocycles. The van der Waals surface area contributed by atoms with Crippen molar-refractivity contribution >= 4 is 23.2 Å². The lowest BCUT2D eigenvalue weighted by atomic mass is 10.1. The molecule has 1 aromatic carbocycles. The Bertz CT molecular complexity index is 656. The summed E-state index contributed by atoms with van der Waals surface area (Å²) in [5.74, 6) is -0.0992. The van der Waals surface area contributed by atoms with Gasteiger partial charge in [-0.2, -0.15) is 0 Å². The molecule has 0 saturated heterocycles. The number of carbonyl (C=O) groups is 2. The summed E-state index contributed by atoms with van der Waals surface area (Å²) in [4.78, 5) is 24.3. The standard InChI is InChI=1S/C18H22N2O3S/c1-23-13-15-6-2-5-14(11-15)12-20-17(21)8-3-9-19-18(22)16-7-4-10-24-16/h2,4-7,10-11H,3,8-9,12-13H2,1H3,(H,19,22)(H,20,21). The molecule has 0 radical (unpaired) electrons. The molecule has 1 aromatic heterocycles. The minimum absolute atomic E-state index is 0.0162. The van der Waals surface area contributed by atoms with Crippen molar-refractivity contribution < 1.29 is 14.3 Å². The maximum absolute atomic E-state index is 11.9. The molecule has 0 spiro atoms. The van der Waals surface area contributed by atoms with Crippen LogP contribution >= 0.6 is 11.3 Å². The molecule has 0 aliphatic carbocycles. The highest BCUT2D eigenvalue weighted by Gasteiger charge is 2.06. The van der Waals surface area contributed by atoms with Crippen molar-refractivity contribution in [3.05, 3.63) is 57.8 Å². The zero-order chi connectivity index (χ0) is 17.2. The first-order valence-corrected chi connectivity index (χ1v) is 8.72. The van der Waals surface area contributed by atoms with Gasteiger partial charge in [-0.15, -0.1) is 11.3 Å². The van der Waals surface area contributed by atoms with E-state index in [0.29, 0.717) is 37.4 Å². The molecule has 0 bridgehead atoms. The number of ether oxygens (including phenoxy) is 1. The fourth-order valence-corrected chi connectivity index (χ4v) is 2.87. The number of rotatable bonds is 9. The average Bonchev–Trinajstić information content (AvgIpc) is 3.12. The van der Waals surface area contributed by atoms with Crippen molar-refractivity contribution in [2.45, 2.75) is 26.0 Å². The van der Waals surface area contributed by atoms with Gasteiger partial charge in [0.15, 0.2) is 0 Å². The van der Waals surface area contributed by atoms with E-state index in [1.807, 2.05) is 35.7 Å². The summed E-state index contributed by atoms with van der Waals surface area (Å²) in [6, 6.07) is 11.6. The summed E-state index contributed by atoms with van der Waals surface area (Å²) in [7, 11) is 1.66. The Balaban J connectivity index is 1.63. The Morgan fingerprint density at radius 1 is 1.12 bits per heavy atom. The fourth-order valence-electron chi connectivity index (χ4n) is 2.23. The molecule has 2 rings (SSSR count). The normalized spacial score (nSPS) is 10.4. The van der Waals surface area contributed by atoms with E-state index in [0.717, 1.165) is 11.1 Å². The van der Waals surface area contributed by atoms with Gasteiger partial charge in [-0.05, 0) is 29.0 Å². The number of thiophene rings is 1. The molecule has 0 atom stereocenters. The molecular formula is C18H22N2O3S. The molecule has 128 valence electrons. The van der Waals surface area contributed by atoms with Gasteiger partial charge < -0.3 is 15.4 Å². The molecule has 0 fully saturated rings. The van der Waals surface area contributed by atoms with Gasteiger partial charge in [-0.3, -0.25) is 9.59 Å². The third kappa shape index (κ3) is 6.14. The summed E-state index contributed by atoms with van der Waals surface area (Å²) in [6.45, 7) is 1.55. The molecular weight excluding hydrogens is 324 g/mol. The van der Waals surface area contributed by atoms with Gasteiger partial charge >= 0.3 is 0 Å². The zero-order valence-corrected chi connectivity index (χ0v) is 14.5. The van der Waals surface area contributed by atoms with Crippen molar-refractivity contribution in [3.63, 3.8) is 0 Å². The van der Waals surface area contributed by atoms with Gasteiger partial charge in [-0.1, -0.05) is 30.3 Å². The van der Waals surface area contributed by atoms with Crippen LogP contribution in [0.15, 0.2) is 41.8 Å². The Labute approximate surface area is 146 Å². The number of nitrogens with one attached hydrogen (secondary N) is 2. The number of carbonyl (C=O) groups excluding carboxylic acids is 2. The van der Waals surface area contributed by atoms with Crippen LogP contribution < -0.4 is 10.6 Å². The number of hydrogen-bond donors (Lipinski definition) is 2. The smallest absolute Gasteiger partial charge is 0.261 e. The van der Waals surface area contributed by atoms with Crippen LogP contribution in [0.5, 0.6) is 0 Å². The number of amides is 2. The highest BCUT2D eigenvalue weighted by atomic mass is 32.1. The lowest BCUT2D eigenvalue weighted by Crippen LogP contribution is -2.27. The molecule has 0 saturated carbocycles. The second-order valence-electron chi connectivity index (χ2n) is 5.37. The van der Waals surface area contributed by atoms with Crippen LogP contribution in [0, 0.1) is 0 Å². The Morgan fingerprint density at radius 2 is 1.96 bits per heavy atom. The fraction of sp³-hybridized carbons (Fsp3) is 0.333. The largest absolute Gasteiger partial charge is 0.380 e. The van der Waals surface area contributed by atoms with E-state index in [9.17, 15) is 9.59 Å². The van der Waals surface area contributed by atoms with Crippen LogP contribution in [0.25, 0.3) is 0 Å². The van der Waals surface area contributed by atoms with Crippen molar-refractivity contribution in [1.29, 1.82) is 0 Å². The summed E-state index contributed by atoms with van der Waals surface area (Å²) >= 11 is 1.41. The van der Waals surface area contributed by atoms with E-state index in [2.05, 4.69) is 10.6 Å². The van der Waals surface area contributed by atoms with Crippen LogP contribution in [0.3, 0.4) is 0 Å². The molecule has 24 heavy (non-hydrogen) atoms. The molecule has 0 aliphatic heterocycles. The highest BCUT2D eigenvalue weighted by Crippen LogP contribution is 2.08. The van der Waals surface area contributed by atoms with Crippen molar-refractivity contribution in [1.82, 2.24) is 10.6 Å². The second-order valence-corrected chi connectivity index (χ2v) is 6.31. The Morgan fingerprint density at radius 3 is 2.71 bits per heavy atom. The maximum Gasteiger partial charge on any atom is 0.261 e. The predicted octanol–water partition coefficient (Wildman–Crippen LogP) is 2.72. The molecule has 5 nitrogen and oxygen atoms in total. The predicted molar refractivity (Wildman–Crippen MR) is 94.9 cm³/mol. The first-order valence-electron chi connectivity index (χ1n) is 7.84. The van der Waals surface area contributed by atoms with Gasteiger partial charge in [0, 0.05) is 26.6 Å². The van der Waals surface area contributed by atoms with Crippen molar-refractivity contribution in [2.75, 3.05) is 13.7 Å². The third-order valence-electron chi connectivity index (χ3n) is 3.40. The van der Waals surface area contributed by atoms with Gasteiger partial charge in [0.2, 0.25) is 5.91 Å². The lowest BCUT2D eigenvalue weighted by Gasteiger charge is -2.08. The minimum Gasteiger partial charge on any atom is -0.380 e. The molecule has 0 unspecified atom stereocenters. The highest BCUT2D eigenvalue weighted by molar-refractivity contribution is 7.12. The van der Waals surface area contributed by atoms with E-state index in [1.165, 1.54) is 11.3 Å². The van der Waals surface area contributed by atoms with Gasteiger partial charge in [0.1, 0.15) is 0 Å². The topological polar surface area (TPSA) is 67.4 Å². The minimum atomic E-state index is -0.0830. The number of hydrogen-bond acceptors (Lipinski definition) is 4. The van der Waals surface area contributed by atoms with Crippen LogP contribution in [-0.4, -0.2) is 25.5 Å². The molecule has 2 aromatic rings. The third-order valence-corrected chi connectivity index (χ3v) is 4.27. The lowest BCUT2D eigenvalue weighted by molar-refractivity contribution is -0.121. The first-order chi connectivity index (χ1) is 11.7. The molecule has 2 amide bonds. The van der Waals surface area contributed by atoms with Crippen molar-refractivity contribution in [3.8, 4) is 0 Å². The zero-order valence-electron chi connectivity index (χ0n) is 13.7. The number of methoxy groups -OCH3 is 1. The van der Waals surface area contributed by atoms with Crippen molar-refractivity contribution in [2.24, 2.45) is 0 Å². The van der Waals surface area contributed by atoms with E-state index in [-0.39, 0.29) is 11.8 Å². The summed E-state index contributed by atoms with van der Waals surface area (Å²) in [5, 5.41) is 7.57. The quantitative estimate of drug-likeness (QED) is 0.686. The monoisotopic (exact) mass is 346 g/mol. The van der Waals surface area contributed by atoms with E-state index < -0.39 is 0 Å². The van der Waals surface area contributed by atoms with Crippen LogP contribution in [0.1, 0.15) is 33.6 Å². The second kappa shape index (κ2) is 9.85. The van der Waals surface area contributed by atoms with E-state index in [1.54, 1.807) is 13.2 Å². The van der Waals surface area contributed by atoms with Gasteiger partial charge in [-0.25, -0.2) is 0 Å². The van der Waals surface area contributed by atoms with Crippen LogP contribution in [-0.2, 0) is 22.7 Å². The van der Waals surface area contributed by atoms with Crippen LogP contribution in [0.4, 0.5) is 0 Å². The Kier molecular flexibility index (Phi) is 7.45. The SMILES string of the molecule is COCc1cccc(CNC(=O)CCCNC(=O)c2cccs2)c1. The van der Waals surface area contributed by atoms with Gasteiger partial charge in [0.25, 0.3) is 5.91 Å². The Hall–Kier alpha value is -2.18. The first kappa shape index (κ1) is 18.2. The molecule has 2 N–H and O–H groups in total. The average molecular weight is 346 g/mol. The number of benzene rings is 1. The van der Waals surface area contributed by atoms with E-state index >= 15 is 0 Å². The molecule has 6 heteroatoms. The summed E-state index contributed by atoms with van der Waals surface area (Å²) in [6.07, 6.45) is 1.01. The van der Waals surface area contributed by atoms with Gasteiger partial charge in [0.05, 0.1) is 11.5 Å². The van der Waals surface area contributed by atoms with E-state index in [4.69, 9.17) is 4.74 Å². The maximum atomic E-state index is 11.9. The summed E-state index contributed by atoms with van der Waals surface area (Å²) in [5.41, 5.74) is 2.13.